The molecule has 0 saturated heterocycles. The molecule has 2 aromatic heterocycles. The molecule has 1 saturated carbocycles. The smallest absolute Gasteiger partial charge is 0.475 e. The lowest BCUT2D eigenvalue weighted by Gasteiger charge is -2.31. The zero-order valence-electron chi connectivity index (χ0n) is 15.9. The molecule has 11 heteroatoms. The summed E-state index contributed by atoms with van der Waals surface area (Å²) in [5.41, 5.74) is 2.38. The van der Waals surface area contributed by atoms with Crippen LogP contribution in [0.4, 0.5) is 13.2 Å². The Morgan fingerprint density at radius 2 is 2.10 bits per heavy atom. The molecule has 0 amide bonds. The molecule has 0 spiro atoms. The molecule has 1 fully saturated rings. The molecule has 29 heavy (non-hydrogen) atoms. The van der Waals surface area contributed by atoms with E-state index in [4.69, 9.17) is 14.6 Å². The van der Waals surface area contributed by atoms with Crippen LogP contribution in [0.2, 0.25) is 0 Å². The molecule has 160 valence electrons. The van der Waals surface area contributed by atoms with Crippen LogP contribution in [-0.4, -0.2) is 56.9 Å². The average molecular weight is 432 g/mol. The lowest BCUT2D eigenvalue weighted by Crippen LogP contribution is -2.35. The third-order valence-corrected chi connectivity index (χ3v) is 5.62. The van der Waals surface area contributed by atoms with Gasteiger partial charge in [0.05, 0.1) is 12.3 Å². The number of carboxylic acids is 1. The van der Waals surface area contributed by atoms with Crippen molar-refractivity contribution in [3.05, 3.63) is 33.8 Å². The van der Waals surface area contributed by atoms with Crippen molar-refractivity contribution >= 4 is 17.3 Å². The first kappa shape index (κ1) is 21.7. The molecular weight excluding hydrogens is 409 g/mol. The zero-order valence-corrected chi connectivity index (χ0v) is 16.7. The van der Waals surface area contributed by atoms with Crippen LogP contribution in [0.15, 0.2) is 17.5 Å². The van der Waals surface area contributed by atoms with E-state index in [1.807, 2.05) is 23.1 Å². The molecule has 1 aliphatic heterocycles. The van der Waals surface area contributed by atoms with Crippen LogP contribution in [0.1, 0.15) is 35.0 Å². The van der Waals surface area contributed by atoms with Gasteiger partial charge in [-0.3, -0.25) is 9.58 Å². The Morgan fingerprint density at radius 3 is 2.69 bits per heavy atom. The summed E-state index contributed by atoms with van der Waals surface area (Å²) in [4.78, 5) is 12.8. The fourth-order valence-corrected chi connectivity index (χ4v) is 3.98. The van der Waals surface area contributed by atoms with Crippen LogP contribution in [0, 0.1) is 5.92 Å². The number of aryl methyl sites for hydroxylation is 1. The first-order valence-corrected chi connectivity index (χ1v) is 10.1. The largest absolute Gasteiger partial charge is 0.490 e. The molecule has 0 aromatic carbocycles. The number of ether oxygens (including phenoxy) is 1. The monoisotopic (exact) mass is 432 g/mol. The van der Waals surface area contributed by atoms with Crippen LogP contribution in [0.5, 0.6) is 0 Å². The molecule has 1 N–H and O–H groups in total. The maximum Gasteiger partial charge on any atom is 0.490 e. The van der Waals surface area contributed by atoms with Gasteiger partial charge in [-0.1, -0.05) is 11.3 Å². The van der Waals surface area contributed by atoms with Crippen LogP contribution in [-0.2, 0) is 29.7 Å². The van der Waals surface area contributed by atoms with Gasteiger partial charge in [-0.15, -0.1) is 16.4 Å². The standard InChI is InChI=1S/C16H22N4OS.C2HF3O2/c1-19-16-13(11-21-10-12-4-5-12)7-20(9-15(16)17-18-19)8-14-3-2-6-22-14;3-2(4,5)1(6)7/h2-3,6,12-13H,4-5,7-11H2,1H3;(H,6,7). The van der Waals surface area contributed by atoms with Crippen LogP contribution in [0.25, 0.3) is 0 Å². The molecule has 1 unspecified atom stereocenters. The van der Waals surface area contributed by atoms with Crippen molar-refractivity contribution in [2.45, 2.75) is 38.0 Å². The van der Waals surface area contributed by atoms with Crippen molar-refractivity contribution in [2.24, 2.45) is 13.0 Å². The number of alkyl halides is 3. The van der Waals surface area contributed by atoms with Gasteiger partial charge >= 0.3 is 12.1 Å². The van der Waals surface area contributed by atoms with E-state index in [1.165, 1.54) is 23.4 Å². The van der Waals surface area contributed by atoms with E-state index in [9.17, 15) is 13.2 Å². The predicted octanol–water partition coefficient (Wildman–Crippen LogP) is 3.04. The number of aliphatic carboxylic acids is 1. The highest BCUT2D eigenvalue weighted by Crippen LogP contribution is 2.31. The Balaban J connectivity index is 0.000000298. The Labute approximate surface area is 170 Å². The van der Waals surface area contributed by atoms with E-state index in [-0.39, 0.29) is 0 Å². The summed E-state index contributed by atoms with van der Waals surface area (Å²) in [7, 11) is 1.99. The molecule has 1 aliphatic carbocycles. The van der Waals surface area contributed by atoms with Crippen molar-refractivity contribution in [1.82, 2.24) is 19.9 Å². The lowest BCUT2D eigenvalue weighted by molar-refractivity contribution is -0.192. The predicted molar refractivity (Wildman–Crippen MR) is 99.4 cm³/mol. The molecule has 2 aliphatic rings. The number of aromatic nitrogens is 3. The number of carboxylic acid groups (broad SMARTS) is 1. The molecule has 3 heterocycles. The number of thiophene rings is 1. The van der Waals surface area contributed by atoms with Gasteiger partial charge in [0.1, 0.15) is 5.69 Å². The van der Waals surface area contributed by atoms with Crippen molar-refractivity contribution in [3.63, 3.8) is 0 Å². The van der Waals surface area contributed by atoms with Gasteiger partial charge in [-0.25, -0.2) is 4.79 Å². The molecule has 2 aromatic rings. The van der Waals surface area contributed by atoms with Crippen molar-refractivity contribution in [2.75, 3.05) is 19.8 Å². The fraction of sp³-hybridized carbons (Fsp3) is 0.611. The summed E-state index contributed by atoms with van der Waals surface area (Å²) < 4.78 is 39.6. The number of nitrogens with zero attached hydrogens (tertiary/aromatic N) is 4. The number of halogens is 3. The summed E-state index contributed by atoms with van der Waals surface area (Å²) in [5.74, 6) is -1.56. The Bertz CT molecular complexity index is 806. The van der Waals surface area contributed by atoms with Crippen molar-refractivity contribution < 1.29 is 27.8 Å². The van der Waals surface area contributed by atoms with E-state index >= 15 is 0 Å². The third-order valence-electron chi connectivity index (χ3n) is 4.75. The van der Waals surface area contributed by atoms with Crippen LogP contribution in [0.3, 0.4) is 0 Å². The maximum absolute atomic E-state index is 10.6. The van der Waals surface area contributed by atoms with Crippen LogP contribution < -0.4 is 0 Å². The summed E-state index contributed by atoms with van der Waals surface area (Å²) in [5, 5.41) is 17.9. The van der Waals surface area contributed by atoms with Gasteiger partial charge in [0.25, 0.3) is 0 Å². The maximum atomic E-state index is 10.6. The van der Waals surface area contributed by atoms with Crippen molar-refractivity contribution in [1.29, 1.82) is 0 Å². The fourth-order valence-electron chi connectivity index (χ4n) is 3.23. The topological polar surface area (TPSA) is 80.5 Å². The highest BCUT2D eigenvalue weighted by atomic mass is 32.1. The lowest BCUT2D eigenvalue weighted by atomic mass is 9.99. The van der Waals surface area contributed by atoms with E-state index in [0.29, 0.717) is 5.92 Å². The Morgan fingerprint density at radius 1 is 1.38 bits per heavy atom. The van der Waals surface area contributed by atoms with E-state index in [1.54, 1.807) is 0 Å². The first-order valence-electron chi connectivity index (χ1n) is 9.25. The molecule has 1 atom stereocenters. The number of hydrogen-bond acceptors (Lipinski definition) is 6. The highest BCUT2D eigenvalue weighted by Gasteiger charge is 2.38. The zero-order chi connectivity index (χ0) is 21.0. The minimum atomic E-state index is -5.08. The van der Waals surface area contributed by atoms with Crippen molar-refractivity contribution in [3.8, 4) is 0 Å². The number of carbonyl (C=O) groups is 1. The average Bonchev–Trinajstić information content (AvgIpc) is 3.18. The van der Waals surface area contributed by atoms with Gasteiger partial charge in [-0.05, 0) is 30.2 Å². The number of fused-ring (bicyclic) bond motifs is 1. The van der Waals surface area contributed by atoms with E-state index in [2.05, 4.69) is 32.7 Å². The molecule has 7 nitrogen and oxygen atoms in total. The minimum Gasteiger partial charge on any atom is -0.475 e. The molecular formula is C18H23F3N4O3S. The normalized spacial score (nSPS) is 19.4. The van der Waals surface area contributed by atoms with Gasteiger partial charge < -0.3 is 9.84 Å². The Kier molecular flexibility index (Phi) is 6.91. The molecule has 0 bridgehead atoms. The highest BCUT2D eigenvalue weighted by molar-refractivity contribution is 7.09. The summed E-state index contributed by atoms with van der Waals surface area (Å²) in [6, 6.07) is 4.32. The number of hydrogen-bond donors (Lipinski definition) is 1. The second-order valence-electron chi connectivity index (χ2n) is 7.27. The van der Waals surface area contributed by atoms with Gasteiger partial charge in [0.15, 0.2) is 0 Å². The quantitative estimate of drug-likeness (QED) is 0.756. The van der Waals surface area contributed by atoms with Gasteiger partial charge in [0.2, 0.25) is 0 Å². The molecule has 0 radical (unpaired) electrons. The molecule has 4 rings (SSSR count). The second-order valence-corrected chi connectivity index (χ2v) is 8.31. The second kappa shape index (κ2) is 9.23. The summed E-state index contributed by atoms with van der Waals surface area (Å²) >= 11 is 1.82. The van der Waals surface area contributed by atoms with Gasteiger partial charge in [-0.2, -0.15) is 13.2 Å². The van der Waals surface area contributed by atoms with E-state index in [0.717, 1.165) is 44.5 Å². The summed E-state index contributed by atoms with van der Waals surface area (Å²) in [6.07, 6.45) is -2.40. The van der Waals surface area contributed by atoms with E-state index < -0.39 is 12.1 Å². The summed E-state index contributed by atoms with van der Waals surface area (Å²) in [6.45, 7) is 4.61. The number of rotatable bonds is 6. The third kappa shape index (κ3) is 6.25. The SMILES string of the molecule is Cn1nnc2c1C(COCC1CC1)CN(Cc1cccs1)C2.O=C(O)C(F)(F)F. The minimum absolute atomic E-state index is 0.377. The van der Waals surface area contributed by atoms with Crippen LogP contribution >= 0.6 is 11.3 Å². The first-order chi connectivity index (χ1) is 13.7. The Hall–Kier alpha value is -1.98. The van der Waals surface area contributed by atoms with Gasteiger partial charge in [0, 0.05) is 44.1 Å².